The van der Waals surface area contributed by atoms with E-state index in [0.717, 1.165) is 0 Å². The van der Waals surface area contributed by atoms with Gasteiger partial charge in [-0.15, -0.1) is 0 Å². The molecule has 9 heteroatoms. The summed E-state index contributed by atoms with van der Waals surface area (Å²) in [5.74, 6) is -0.546. The monoisotopic (exact) mass is 369 g/mol. The Kier molecular flexibility index (Phi) is 5.83. The lowest BCUT2D eigenvalue weighted by Crippen LogP contribution is -2.06. The average molecular weight is 370 g/mol. The summed E-state index contributed by atoms with van der Waals surface area (Å²) in [5.41, 5.74) is 3.36. The number of nitro groups is 1. The SMILES string of the molecule is COc1cc(/C=N\NCc2c(Cl)cccc2Cl)cc([N+](=O)[O-])c1O. The minimum atomic E-state index is -0.702. The van der Waals surface area contributed by atoms with Gasteiger partial charge in [-0.2, -0.15) is 5.10 Å². The molecule has 0 aliphatic carbocycles. The summed E-state index contributed by atoms with van der Waals surface area (Å²) in [4.78, 5) is 10.2. The topological polar surface area (TPSA) is 97.0 Å². The van der Waals surface area contributed by atoms with Gasteiger partial charge in [0.2, 0.25) is 5.75 Å². The lowest BCUT2D eigenvalue weighted by Gasteiger charge is -2.07. The Morgan fingerprint density at radius 1 is 1.38 bits per heavy atom. The molecule has 0 amide bonds. The highest BCUT2D eigenvalue weighted by molar-refractivity contribution is 6.35. The molecule has 0 aliphatic rings. The zero-order chi connectivity index (χ0) is 17.7. The number of halogens is 2. The van der Waals surface area contributed by atoms with Crippen LogP contribution >= 0.6 is 23.2 Å². The summed E-state index contributed by atoms with van der Waals surface area (Å²) in [5, 5.41) is 25.6. The van der Waals surface area contributed by atoms with Crippen molar-refractivity contribution in [3.8, 4) is 11.5 Å². The second kappa shape index (κ2) is 7.85. The molecule has 2 rings (SSSR count). The Morgan fingerprint density at radius 3 is 2.62 bits per heavy atom. The third kappa shape index (κ3) is 4.06. The third-order valence-electron chi connectivity index (χ3n) is 3.12. The van der Waals surface area contributed by atoms with Crippen molar-refractivity contribution in [2.45, 2.75) is 6.54 Å². The number of hydrogen-bond acceptors (Lipinski definition) is 6. The first-order valence-corrected chi connectivity index (χ1v) is 7.43. The summed E-state index contributed by atoms with van der Waals surface area (Å²) in [6, 6.07) is 7.77. The van der Waals surface area contributed by atoms with Gasteiger partial charge in [-0.25, -0.2) is 0 Å². The molecule has 0 fully saturated rings. The Hall–Kier alpha value is -2.51. The molecule has 126 valence electrons. The van der Waals surface area contributed by atoms with Crippen LogP contribution in [0.5, 0.6) is 11.5 Å². The van der Waals surface area contributed by atoms with E-state index in [1.165, 1.54) is 25.5 Å². The zero-order valence-electron chi connectivity index (χ0n) is 12.5. The molecule has 0 aromatic heterocycles. The van der Waals surface area contributed by atoms with Crippen molar-refractivity contribution in [1.29, 1.82) is 0 Å². The van der Waals surface area contributed by atoms with Crippen LogP contribution in [0.2, 0.25) is 10.0 Å². The maximum absolute atomic E-state index is 10.9. The number of phenols is 1. The number of ether oxygens (including phenoxy) is 1. The van der Waals surface area contributed by atoms with Gasteiger partial charge < -0.3 is 15.3 Å². The number of rotatable bonds is 6. The lowest BCUT2D eigenvalue weighted by atomic mass is 10.2. The molecule has 0 saturated heterocycles. The van der Waals surface area contributed by atoms with Crippen LogP contribution in [0.3, 0.4) is 0 Å². The summed E-state index contributed by atoms with van der Waals surface area (Å²) >= 11 is 12.1. The number of nitrogens with zero attached hydrogens (tertiary/aromatic N) is 2. The first-order valence-electron chi connectivity index (χ1n) is 6.68. The summed E-state index contributed by atoms with van der Waals surface area (Å²) < 4.78 is 4.91. The number of nitro benzene ring substituents is 1. The predicted molar refractivity (Wildman–Crippen MR) is 92.2 cm³/mol. The molecule has 0 radical (unpaired) electrons. The number of hydrogen-bond donors (Lipinski definition) is 2. The molecule has 0 heterocycles. The van der Waals surface area contributed by atoms with E-state index in [0.29, 0.717) is 21.2 Å². The number of phenolic OH excluding ortho intramolecular Hbond substituents is 1. The van der Waals surface area contributed by atoms with Gasteiger partial charge in [-0.05, 0) is 18.2 Å². The molecule has 0 bridgehead atoms. The van der Waals surface area contributed by atoms with Crippen LogP contribution in [0.25, 0.3) is 0 Å². The predicted octanol–water partition coefficient (Wildman–Crippen LogP) is 3.74. The first kappa shape index (κ1) is 17.8. The standard InChI is InChI=1S/C15H13Cl2N3O4/c1-24-14-6-9(5-13(15(14)21)20(22)23)7-18-19-8-10-11(16)3-2-4-12(10)17/h2-7,19,21H,8H2,1H3/b18-7-. The van der Waals surface area contributed by atoms with Crippen LogP contribution in [0.4, 0.5) is 5.69 Å². The van der Waals surface area contributed by atoms with Crippen molar-refractivity contribution in [2.24, 2.45) is 5.10 Å². The van der Waals surface area contributed by atoms with E-state index in [1.807, 2.05) is 0 Å². The maximum atomic E-state index is 10.9. The van der Waals surface area contributed by atoms with Gasteiger partial charge in [0.15, 0.2) is 5.75 Å². The highest BCUT2D eigenvalue weighted by Crippen LogP contribution is 2.36. The van der Waals surface area contributed by atoms with Crippen LogP contribution in [0.15, 0.2) is 35.4 Å². The Labute approximate surface area is 147 Å². The highest BCUT2D eigenvalue weighted by Gasteiger charge is 2.19. The molecular formula is C15H13Cl2N3O4. The van der Waals surface area contributed by atoms with Crippen LogP contribution in [0.1, 0.15) is 11.1 Å². The van der Waals surface area contributed by atoms with E-state index in [4.69, 9.17) is 27.9 Å². The number of benzene rings is 2. The van der Waals surface area contributed by atoms with Crippen LogP contribution in [-0.2, 0) is 6.54 Å². The number of methoxy groups -OCH3 is 1. The molecule has 0 saturated carbocycles. The number of aromatic hydroxyl groups is 1. The van der Waals surface area contributed by atoms with E-state index >= 15 is 0 Å². The Balaban J connectivity index is 2.15. The van der Waals surface area contributed by atoms with Gasteiger partial charge in [0.25, 0.3) is 0 Å². The van der Waals surface area contributed by atoms with Gasteiger partial charge in [0, 0.05) is 27.2 Å². The van der Waals surface area contributed by atoms with Gasteiger partial charge >= 0.3 is 5.69 Å². The molecule has 7 nitrogen and oxygen atoms in total. The van der Waals surface area contributed by atoms with Crippen LogP contribution in [-0.4, -0.2) is 23.4 Å². The molecular weight excluding hydrogens is 357 g/mol. The van der Waals surface area contributed by atoms with Gasteiger partial charge in [-0.1, -0.05) is 29.3 Å². The van der Waals surface area contributed by atoms with Crippen LogP contribution in [0, 0.1) is 10.1 Å². The first-order chi connectivity index (χ1) is 11.4. The molecule has 0 spiro atoms. The van der Waals surface area contributed by atoms with Crippen molar-refractivity contribution >= 4 is 35.1 Å². The van der Waals surface area contributed by atoms with E-state index in [2.05, 4.69) is 10.5 Å². The smallest absolute Gasteiger partial charge is 0.315 e. The van der Waals surface area contributed by atoms with E-state index in [1.54, 1.807) is 18.2 Å². The van der Waals surface area contributed by atoms with Crippen molar-refractivity contribution in [2.75, 3.05) is 7.11 Å². The zero-order valence-corrected chi connectivity index (χ0v) is 14.0. The minimum Gasteiger partial charge on any atom is -0.500 e. The van der Waals surface area contributed by atoms with E-state index in [9.17, 15) is 15.2 Å². The molecule has 2 N–H and O–H groups in total. The van der Waals surface area contributed by atoms with E-state index in [-0.39, 0.29) is 12.3 Å². The van der Waals surface area contributed by atoms with Gasteiger partial charge in [-0.3, -0.25) is 10.1 Å². The van der Waals surface area contributed by atoms with E-state index < -0.39 is 16.4 Å². The fourth-order valence-electron chi connectivity index (χ4n) is 1.93. The van der Waals surface area contributed by atoms with Crippen molar-refractivity contribution in [3.63, 3.8) is 0 Å². The molecule has 0 unspecified atom stereocenters. The third-order valence-corrected chi connectivity index (χ3v) is 3.82. The second-order valence-electron chi connectivity index (χ2n) is 4.64. The van der Waals surface area contributed by atoms with Crippen molar-refractivity contribution in [3.05, 3.63) is 61.6 Å². The summed E-state index contributed by atoms with van der Waals surface area (Å²) in [7, 11) is 1.30. The molecule has 2 aromatic rings. The molecule has 2 aromatic carbocycles. The molecule has 24 heavy (non-hydrogen) atoms. The lowest BCUT2D eigenvalue weighted by molar-refractivity contribution is -0.386. The average Bonchev–Trinajstić information content (AvgIpc) is 2.54. The fraction of sp³-hybridized carbons (Fsp3) is 0.133. The maximum Gasteiger partial charge on any atom is 0.315 e. The number of hydrazone groups is 1. The number of nitrogens with one attached hydrogen (secondary N) is 1. The largest absolute Gasteiger partial charge is 0.500 e. The summed E-state index contributed by atoms with van der Waals surface area (Å²) in [6.07, 6.45) is 1.36. The Morgan fingerprint density at radius 2 is 2.04 bits per heavy atom. The van der Waals surface area contributed by atoms with Crippen LogP contribution < -0.4 is 10.2 Å². The minimum absolute atomic E-state index is 0.0141. The van der Waals surface area contributed by atoms with Crippen molar-refractivity contribution in [1.82, 2.24) is 5.43 Å². The molecule has 0 atom stereocenters. The van der Waals surface area contributed by atoms with Gasteiger partial charge in [0.1, 0.15) is 0 Å². The van der Waals surface area contributed by atoms with Crippen molar-refractivity contribution < 1.29 is 14.8 Å². The quantitative estimate of drug-likeness (QED) is 0.459. The van der Waals surface area contributed by atoms with Gasteiger partial charge in [0.05, 0.1) is 24.8 Å². The molecule has 0 aliphatic heterocycles. The highest BCUT2D eigenvalue weighted by atomic mass is 35.5. The second-order valence-corrected chi connectivity index (χ2v) is 5.46. The Bertz CT molecular complexity index is 776. The fourth-order valence-corrected chi connectivity index (χ4v) is 2.46. The summed E-state index contributed by atoms with van der Waals surface area (Å²) in [6.45, 7) is 0.284. The normalized spacial score (nSPS) is 10.8.